The second-order valence-electron chi connectivity index (χ2n) is 6.19. The van der Waals surface area contributed by atoms with Gasteiger partial charge >= 0.3 is 0 Å². The molecule has 0 aliphatic heterocycles. The number of imidazole rings is 1. The maximum absolute atomic E-state index is 12.3. The molecule has 0 radical (unpaired) electrons. The Morgan fingerprint density at radius 3 is 2.39 bits per heavy atom. The number of nitrogens with two attached hydrogens (primary N) is 1. The van der Waals surface area contributed by atoms with Gasteiger partial charge in [0.25, 0.3) is 11.7 Å². The van der Waals surface area contributed by atoms with Crippen molar-refractivity contribution < 1.29 is 9.20 Å². The van der Waals surface area contributed by atoms with Gasteiger partial charge in [-0.05, 0) is 19.9 Å². The van der Waals surface area contributed by atoms with Gasteiger partial charge in [-0.15, -0.1) is 0 Å². The largest absolute Gasteiger partial charge is 0.297 e. The van der Waals surface area contributed by atoms with E-state index in [1.54, 1.807) is 11.5 Å². The Hall–Kier alpha value is -2.66. The number of aromatic nitrogens is 2. The summed E-state index contributed by atoms with van der Waals surface area (Å²) in [6.07, 6.45) is 1.93. The fourth-order valence-electron chi connectivity index (χ4n) is 2.75. The highest BCUT2D eigenvalue weighted by atomic mass is 16.1. The summed E-state index contributed by atoms with van der Waals surface area (Å²) in [4.78, 5) is 12.3. The summed E-state index contributed by atoms with van der Waals surface area (Å²) >= 11 is 0. The van der Waals surface area contributed by atoms with Crippen molar-refractivity contribution in [3.8, 4) is 11.3 Å². The first kappa shape index (κ1) is 15.2. The molecule has 0 saturated heterocycles. The number of benzene rings is 1. The van der Waals surface area contributed by atoms with Crippen LogP contribution in [0.3, 0.4) is 0 Å². The van der Waals surface area contributed by atoms with E-state index < -0.39 is 5.66 Å². The maximum Gasteiger partial charge on any atom is 0.284 e. The van der Waals surface area contributed by atoms with Gasteiger partial charge in [0, 0.05) is 18.6 Å². The SMILES string of the molecule is CC(=O)n1c(-c2ccccc2)c(NC(C)(C)N)[n+]2ccccc12. The number of anilines is 1. The number of nitrogens with one attached hydrogen (secondary N) is 1. The fourth-order valence-corrected chi connectivity index (χ4v) is 2.75. The van der Waals surface area contributed by atoms with Gasteiger partial charge in [-0.1, -0.05) is 36.4 Å². The topological polar surface area (TPSA) is 64.1 Å². The van der Waals surface area contributed by atoms with Crippen molar-refractivity contribution in [2.24, 2.45) is 5.73 Å². The van der Waals surface area contributed by atoms with Gasteiger partial charge in [-0.3, -0.25) is 15.8 Å². The summed E-state index contributed by atoms with van der Waals surface area (Å²) in [5.74, 6) is 0.755. The van der Waals surface area contributed by atoms with Gasteiger partial charge in [0.15, 0.2) is 5.69 Å². The third-order valence-electron chi connectivity index (χ3n) is 3.56. The van der Waals surface area contributed by atoms with Crippen molar-refractivity contribution in [2.45, 2.75) is 26.4 Å². The minimum absolute atomic E-state index is 0.0459. The molecule has 3 N–H and O–H groups in total. The molecule has 118 valence electrons. The lowest BCUT2D eigenvalue weighted by atomic mass is 10.1. The first-order chi connectivity index (χ1) is 10.9. The molecule has 0 aliphatic carbocycles. The van der Waals surface area contributed by atoms with Gasteiger partial charge in [0.05, 0.1) is 6.20 Å². The molecule has 0 bridgehead atoms. The standard InChI is InChI=1S/C18H21N4O/c1-13(23)22-15-11-7-8-12-21(15)17(20-18(2,3)19)16(22)14-9-5-4-6-10-14/h4-12,20H,19H2,1-3H3/q+1. The Kier molecular flexibility index (Phi) is 3.66. The van der Waals surface area contributed by atoms with Crippen LogP contribution in [0.15, 0.2) is 54.7 Å². The third kappa shape index (κ3) is 2.83. The first-order valence-corrected chi connectivity index (χ1v) is 7.57. The van der Waals surface area contributed by atoms with Gasteiger partial charge in [0.2, 0.25) is 5.65 Å². The smallest absolute Gasteiger partial charge is 0.284 e. The normalized spacial score (nSPS) is 11.7. The summed E-state index contributed by atoms with van der Waals surface area (Å²) in [5.41, 5.74) is 8.11. The van der Waals surface area contributed by atoms with Crippen LogP contribution in [0.2, 0.25) is 0 Å². The van der Waals surface area contributed by atoms with Crippen LogP contribution in [-0.4, -0.2) is 16.1 Å². The van der Waals surface area contributed by atoms with E-state index >= 15 is 0 Å². The third-order valence-corrected chi connectivity index (χ3v) is 3.56. The van der Waals surface area contributed by atoms with Gasteiger partial charge in [-0.25, -0.2) is 4.40 Å². The summed E-state index contributed by atoms with van der Waals surface area (Å²) in [5, 5.41) is 3.33. The number of carbonyl (C=O) groups excluding carboxylic acids is 1. The van der Waals surface area contributed by atoms with Crippen LogP contribution in [0, 0.1) is 0 Å². The van der Waals surface area contributed by atoms with Gasteiger partial charge in [0.1, 0.15) is 5.66 Å². The van der Waals surface area contributed by atoms with E-state index in [2.05, 4.69) is 5.32 Å². The van der Waals surface area contributed by atoms with E-state index in [1.165, 1.54) is 0 Å². The van der Waals surface area contributed by atoms with E-state index in [-0.39, 0.29) is 5.91 Å². The second kappa shape index (κ2) is 5.52. The second-order valence-corrected chi connectivity index (χ2v) is 6.19. The van der Waals surface area contributed by atoms with Crippen LogP contribution < -0.4 is 15.5 Å². The molecule has 3 rings (SSSR count). The maximum atomic E-state index is 12.3. The number of carbonyl (C=O) groups is 1. The molecule has 5 heteroatoms. The van der Waals surface area contributed by atoms with Crippen LogP contribution in [0.4, 0.5) is 5.82 Å². The highest BCUT2D eigenvalue weighted by Gasteiger charge is 2.30. The predicted molar refractivity (Wildman–Crippen MR) is 91.2 cm³/mol. The molecule has 5 nitrogen and oxygen atoms in total. The molecule has 0 aliphatic rings. The number of pyridine rings is 1. The van der Waals surface area contributed by atoms with E-state index in [0.29, 0.717) is 0 Å². The Morgan fingerprint density at radius 1 is 1.13 bits per heavy atom. The highest BCUT2D eigenvalue weighted by molar-refractivity contribution is 5.89. The average Bonchev–Trinajstić information content (AvgIpc) is 2.81. The molecule has 0 saturated carbocycles. The van der Waals surface area contributed by atoms with Crippen LogP contribution in [0.1, 0.15) is 25.6 Å². The molecule has 2 aromatic heterocycles. The van der Waals surface area contributed by atoms with E-state index in [4.69, 9.17) is 5.73 Å². The van der Waals surface area contributed by atoms with Crippen LogP contribution in [0.5, 0.6) is 0 Å². The summed E-state index contributed by atoms with van der Waals surface area (Å²) in [6, 6.07) is 15.6. The highest BCUT2D eigenvalue weighted by Crippen LogP contribution is 2.29. The zero-order chi connectivity index (χ0) is 16.6. The van der Waals surface area contributed by atoms with Crippen LogP contribution >= 0.6 is 0 Å². The monoisotopic (exact) mass is 309 g/mol. The minimum Gasteiger partial charge on any atom is -0.297 e. The molecule has 0 spiro atoms. The number of hydrogen-bond donors (Lipinski definition) is 2. The Labute approximate surface area is 135 Å². The number of fused-ring (bicyclic) bond motifs is 1. The van der Waals surface area contributed by atoms with Crippen molar-refractivity contribution in [1.29, 1.82) is 0 Å². The lowest BCUT2D eigenvalue weighted by Crippen LogP contribution is -2.43. The molecule has 0 fully saturated rings. The van der Waals surface area contributed by atoms with Crippen LogP contribution in [0.25, 0.3) is 16.9 Å². The van der Waals surface area contributed by atoms with Crippen molar-refractivity contribution in [3.05, 3.63) is 54.7 Å². The zero-order valence-corrected chi connectivity index (χ0v) is 13.6. The van der Waals surface area contributed by atoms with E-state index in [0.717, 1.165) is 22.7 Å². The van der Waals surface area contributed by atoms with Crippen molar-refractivity contribution in [1.82, 2.24) is 4.57 Å². The van der Waals surface area contributed by atoms with E-state index in [1.807, 2.05) is 73.0 Å². The molecule has 3 aromatic rings. The minimum atomic E-state index is -0.623. The molecule has 1 aromatic carbocycles. The molecular weight excluding hydrogens is 288 g/mol. The van der Waals surface area contributed by atoms with Gasteiger partial charge in [-0.2, -0.15) is 4.57 Å². The zero-order valence-electron chi connectivity index (χ0n) is 13.6. The molecule has 0 atom stereocenters. The summed E-state index contributed by atoms with van der Waals surface area (Å²) in [6.45, 7) is 5.35. The Bertz CT molecular complexity index is 860. The molecule has 0 amide bonds. The molecular formula is C18H21N4O+. The summed E-state index contributed by atoms with van der Waals surface area (Å²) < 4.78 is 3.67. The summed E-state index contributed by atoms with van der Waals surface area (Å²) in [7, 11) is 0. The number of rotatable bonds is 3. The molecule has 23 heavy (non-hydrogen) atoms. The molecule has 2 heterocycles. The van der Waals surface area contributed by atoms with Gasteiger partial charge < -0.3 is 0 Å². The van der Waals surface area contributed by atoms with Crippen molar-refractivity contribution in [2.75, 3.05) is 5.32 Å². The Morgan fingerprint density at radius 2 is 1.78 bits per heavy atom. The van der Waals surface area contributed by atoms with Crippen LogP contribution in [-0.2, 0) is 0 Å². The van der Waals surface area contributed by atoms with Crippen molar-refractivity contribution in [3.63, 3.8) is 0 Å². The van der Waals surface area contributed by atoms with Crippen molar-refractivity contribution >= 4 is 17.4 Å². The number of hydrogen-bond acceptors (Lipinski definition) is 3. The lowest BCUT2D eigenvalue weighted by molar-refractivity contribution is -0.495. The number of nitrogens with zero attached hydrogens (tertiary/aromatic N) is 2. The molecule has 0 unspecified atom stereocenters. The predicted octanol–water partition coefficient (Wildman–Crippen LogP) is 2.66. The quantitative estimate of drug-likeness (QED) is 0.577. The fraction of sp³-hybridized carbons (Fsp3) is 0.222. The first-order valence-electron chi connectivity index (χ1n) is 7.57. The Balaban J connectivity index is 2.41. The average molecular weight is 309 g/mol. The van der Waals surface area contributed by atoms with E-state index in [9.17, 15) is 4.79 Å². The lowest BCUT2D eigenvalue weighted by Gasteiger charge is -2.17.